The maximum absolute atomic E-state index is 13.3. The molecular weight excluding hydrogens is 528 g/mol. The third-order valence-corrected chi connectivity index (χ3v) is 7.23. The molecule has 0 spiro atoms. The van der Waals surface area contributed by atoms with Crippen LogP contribution in [0.3, 0.4) is 0 Å². The first-order valence-electron chi connectivity index (χ1n) is 12.1. The molecule has 4 aromatic rings. The van der Waals surface area contributed by atoms with E-state index in [1.807, 2.05) is 97.1 Å². The molecule has 0 N–H and O–H groups in total. The van der Waals surface area contributed by atoms with Crippen molar-refractivity contribution in [1.29, 1.82) is 0 Å². The summed E-state index contributed by atoms with van der Waals surface area (Å²) in [6, 6.07) is 33.5. The first-order valence-corrected chi connectivity index (χ1v) is 13.3. The van der Waals surface area contributed by atoms with Crippen molar-refractivity contribution < 1.29 is 19.1 Å². The zero-order chi connectivity index (χ0) is 27.2. The predicted molar refractivity (Wildman–Crippen MR) is 161 cm³/mol. The average molecular weight is 553 g/mol. The molecule has 0 saturated carbocycles. The normalized spacial score (nSPS) is 14.0. The lowest BCUT2D eigenvalue weighted by Gasteiger charge is -2.23. The van der Waals surface area contributed by atoms with Crippen molar-refractivity contribution in [1.82, 2.24) is 0 Å². The average Bonchev–Trinajstić information content (AvgIpc) is 3.25. The van der Waals surface area contributed by atoms with Crippen molar-refractivity contribution >= 4 is 63.3 Å². The molecular formula is C31H24N2O4S2. The van der Waals surface area contributed by atoms with Gasteiger partial charge < -0.3 is 9.47 Å². The van der Waals surface area contributed by atoms with Crippen molar-refractivity contribution in [3.05, 3.63) is 120 Å². The van der Waals surface area contributed by atoms with Gasteiger partial charge in [-0.3, -0.25) is 19.4 Å². The van der Waals surface area contributed by atoms with Gasteiger partial charge in [0.15, 0.2) is 22.4 Å². The summed E-state index contributed by atoms with van der Waals surface area (Å²) in [5, 5.41) is 0. The topological polar surface area (TPSA) is 59.1 Å². The van der Waals surface area contributed by atoms with Crippen LogP contribution >= 0.6 is 24.0 Å². The number of anilines is 3. The number of ether oxygens (including phenoxy) is 2. The molecule has 0 aromatic heterocycles. The molecule has 0 radical (unpaired) electrons. The van der Waals surface area contributed by atoms with Gasteiger partial charge in [-0.2, -0.15) is 0 Å². The number of hydrogen-bond acceptors (Lipinski definition) is 6. The Balaban J connectivity index is 1.33. The summed E-state index contributed by atoms with van der Waals surface area (Å²) >= 11 is 6.71. The van der Waals surface area contributed by atoms with E-state index in [0.29, 0.717) is 20.7 Å². The Kier molecular flexibility index (Phi) is 8.05. The number of thiocarbonyl (C=S) groups is 1. The molecule has 5 rings (SSSR count). The highest BCUT2D eigenvalue weighted by atomic mass is 32.2. The highest BCUT2D eigenvalue weighted by molar-refractivity contribution is 8.27. The Hall–Kier alpha value is -4.40. The van der Waals surface area contributed by atoms with Crippen LogP contribution in [0.5, 0.6) is 11.5 Å². The third kappa shape index (κ3) is 5.87. The molecule has 0 unspecified atom stereocenters. The smallest absolute Gasteiger partial charge is 0.270 e. The fourth-order valence-electron chi connectivity index (χ4n) is 4.11. The van der Waals surface area contributed by atoms with E-state index in [1.165, 1.54) is 23.8 Å². The highest BCUT2D eigenvalue weighted by Crippen LogP contribution is 2.37. The summed E-state index contributed by atoms with van der Waals surface area (Å²) in [7, 11) is 1.53. The molecule has 0 aliphatic carbocycles. The van der Waals surface area contributed by atoms with Gasteiger partial charge >= 0.3 is 0 Å². The van der Waals surface area contributed by atoms with Crippen LogP contribution in [0.15, 0.2) is 114 Å². The number of benzene rings is 4. The molecule has 1 heterocycles. The number of amides is 2. The lowest BCUT2D eigenvalue weighted by Crippen LogP contribution is -2.30. The van der Waals surface area contributed by atoms with Gasteiger partial charge in [-0.25, -0.2) is 0 Å². The SMILES string of the molecule is COc1cc(C=C2SC(=S)N(c3ccccc3)C2=O)ccc1OCC(=O)N(c1ccccc1)c1ccccc1. The highest BCUT2D eigenvalue weighted by Gasteiger charge is 2.33. The van der Waals surface area contributed by atoms with Gasteiger partial charge in [-0.1, -0.05) is 84.6 Å². The number of para-hydroxylation sites is 3. The molecule has 194 valence electrons. The zero-order valence-electron chi connectivity index (χ0n) is 21.0. The van der Waals surface area contributed by atoms with Gasteiger partial charge in [-0.05, 0) is 60.2 Å². The van der Waals surface area contributed by atoms with Crippen molar-refractivity contribution in [3.8, 4) is 11.5 Å². The zero-order valence-corrected chi connectivity index (χ0v) is 22.7. The van der Waals surface area contributed by atoms with Crippen molar-refractivity contribution in [2.24, 2.45) is 0 Å². The predicted octanol–water partition coefficient (Wildman–Crippen LogP) is 6.84. The Morgan fingerprint density at radius 3 is 2.05 bits per heavy atom. The van der Waals surface area contributed by atoms with E-state index in [9.17, 15) is 9.59 Å². The number of methoxy groups -OCH3 is 1. The molecule has 6 nitrogen and oxygen atoms in total. The van der Waals surface area contributed by atoms with E-state index in [1.54, 1.807) is 23.1 Å². The van der Waals surface area contributed by atoms with Gasteiger partial charge in [-0.15, -0.1) is 0 Å². The largest absolute Gasteiger partial charge is 0.493 e. The van der Waals surface area contributed by atoms with Crippen LogP contribution < -0.4 is 19.3 Å². The first-order chi connectivity index (χ1) is 19.0. The number of rotatable bonds is 8. The van der Waals surface area contributed by atoms with Crippen molar-refractivity contribution in [2.45, 2.75) is 0 Å². The molecule has 4 aromatic carbocycles. The number of carbonyl (C=O) groups excluding carboxylic acids is 2. The van der Waals surface area contributed by atoms with Crippen molar-refractivity contribution in [2.75, 3.05) is 23.5 Å². The summed E-state index contributed by atoms with van der Waals surface area (Å²) < 4.78 is 11.9. The minimum Gasteiger partial charge on any atom is -0.493 e. The molecule has 1 aliphatic rings. The van der Waals surface area contributed by atoms with E-state index < -0.39 is 0 Å². The second-order valence-electron chi connectivity index (χ2n) is 8.45. The number of hydrogen-bond donors (Lipinski definition) is 0. The maximum atomic E-state index is 13.3. The van der Waals surface area contributed by atoms with E-state index in [0.717, 1.165) is 22.6 Å². The Morgan fingerprint density at radius 1 is 0.872 bits per heavy atom. The fourth-order valence-corrected chi connectivity index (χ4v) is 5.41. The summed E-state index contributed by atoms with van der Waals surface area (Å²) in [5.41, 5.74) is 2.96. The molecule has 0 bridgehead atoms. The van der Waals surface area contributed by atoms with Crippen LogP contribution in [0.25, 0.3) is 6.08 Å². The number of nitrogens with zero attached hydrogens (tertiary/aromatic N) is 2. The van der Waals surface area contributed by atoms with Gasteiger partial charge in [0.1, 0.15) is 0 Å². The molecule has 1 aliphatic heterocycles. The lowest BCUT2D eigenvalue weighted by atomic mass is 10.1. The monoisotopic (exact) mass is 552 g/mol. The summed E-state index contributed by atoms with van der Waals surface area (Å²) in [6.45, 7) is -0.199. The first kappa shape index (κ1) is 26.2. The quantitative estimate of drug-likeness (QED) is 0.176. The Morgan fingerprint density at radius 2 is 1.46 bits per heavy atom. The molecule has 8 heteroatoms. The van der Waals surface area contributed by atoms with E-state index in [-0.39, 0.29) is 18.4 Å². The molecule has 1 saturated heterocycles. The van der Waals surface area contributed by atoms with Crippen LogP contribution in [0.1, 0.15) is 5.56 Å². The van der Waals surface area contributed by atoms with Crippen molar-refractivity contribution in [3.63, 3.8) is 0 Å². The standard InChI is InChI=1S/C31H24N2O4S2/c1-36-27-19-22(20-28-30(35)33(31(38)39-28)25-15-9-4-10-16-25)17-18-26(27)37-21-29(34)32(23-11-5-2-6-12-23)24-13-7-3-8-14-24/h2-20H,21H2,1H3. The van der Waals surface area contributed by atoms with Crippen LogP contribution in [0, 0.1) is 0 Å². The lowest BCUT2D eigenvalue weighted by molar-refractivity contribution is -0.119. The van der Waals surface area contributed by atoms with Crippen LogP contribution in [-0.4, -0.2) is 29.9 Å². The van der Waals surface area contributed by atoms with Gasteiger partial charge in [0.2, 0.25) is 0 Å². The second-order valence-corrected chi connectivity index (χ2v) is 10.1. The maximum Gasteiger partial charge on any atom is 0.270 e. The minimum atomic E-state index is -0.233. The summed E-state index contributed by atoms with van der Waals surface area (Å²) in [6.07, 6.45) is 1.77. The molecule has 2 amide bonds. The fraction of sp³-hybridized carbons (Fsp3) is 0.0645. The molecule has 39 heavy (non-hydrogen) atoms. The van der Waals surface area contributed by atoms with Crippen LogP contribution in [0.2, 0.25) is 0 Å². The van der Waals surface area contributed by atoms with Crippen LogP contribution in [-0.2, 0) is 9.59 Å². The van der Waals surface area contributed by atoms with Gasteiger partial charge in [0, 0.05) is 11.4 Å². The van der Waals surface area contributed by atoms with E-state index in [4.69, 9.17) is 21.7 Å². The summed E-state index contributed by atoms with van der Waals surface area (Å²) in [5.74, 6) is 0.452. The number of carbonyl (C=O) groups is 2. The van der Waals surface area contributed by atoms with Crippen LogP contribution in [0.4, 0.5) is 17.1 Å². The van der Waals surface area contributed by atoms with E-state index >= 15 is 0 Å². The molecule has 1 fully saturated rings. The second kappa shape index (κ2) is 12.0. The Labute approximate surface area is 236 Å². The van der Waals surface area contributed by atoms with Gasteiger partial charge in [0.25, 0.3) is 11.8 Å². The number of thioether (sulfide) groups is 1. The minimum absolute atomic E-state index is 0.178. The summed E-state index contributed by atoms with van der Waals surface area (Å²) in [4.78, 5) is 30.0. The van der Waals surface area contributed by atoms with E-state index in [2.05, 4.69) is 0 Å². The van der Waals surface area contributed by atoms with Gasteiger partial charge in [0.05, 0.1) is 17.7 Å². The molecule has 0 atom stereocenters. The Bertz CT molecular complexity index is 1490. The third-order valence-electron chi connectivity index (χ3n) is 5.92.